The molecule has 0 radical (unpaired) electrons. The Kier molecular flexibility index (Phi) is 4.48. The van der Waals surface area contributed by atoms with Gasteiger partial charge in [-0.2, -0.15) is 9.78 Å². The molecule has 0 bridgehead atoms. The molecule has 4 aromatic rings. The van der Waals surface area contributed by atoms with Crippen LogP contribution in [0.5, 0.6) is 0 Å². The van der Waals surface area contributed by atoms with Gasteiger partial charge in [-0.25, -0.2) is 17.5 Å². The maximum Gasteiger partial charge on any atom is 0.359 e. The summed E-state index contributed by atoms with van der Waals surface area (Å²) in [5.74, 6) is 0. The van der Waals surface area contributed by atoms with Crippen LogP contribution in [0, 0.1) is 6.92 Å². The molecule has 0 fully saturated rings. The number of fused-ring (bicyclic) bond motifs is 1. The van der Waals surface area contributed by atoms with Crippen LogP contribution in [0.3, 0.4) is 0 Å². The number of carbonyl (C=O) groups excluding carboxylic acids is 1. The van der Waals surface area contributed by atoms with Gasteiger partial charge in [0, 0.05) is 5.56 Å². The van der Waals surface area contributed by atoms with Gasteiger partial charge in [-0.15, -0.1) is 0 Å². The molecule has 0 unspecified atom stereocenters. The van der Waals surface area contributed by atoms with Crippen molar-refractivity contribution >= 4 is 16.1 Å². The molecule has 0 saturated carbocycles. The molecule has 6 nitrogen and oxygen atoms in total. The zero-order valence-electron chi connectivity index (χ0n) is 16.8. The van der Waals surface area contributed by atoms with E-state index in [0.29, 0.717) is 11.4 Å². The van der Waals surface area contributed by atoms with Crippen LogP contribution < -0.4 is 0 Å². The highest BCUT2D eigenvalue weighted by Crippen LogP contribution is 2.29. The molecule has 1 aliphatic heterocycles. The Morgan fingerprint density at radius 3 is 2.06 bits per heavy atom. The van der Waals surface area contributed by atoms with Crippen molar-refractivity contribution in [3.05, 3.63) is 96.2 Å². The maximum absolute atomic E-state index is 12.9. The first-order valence-corrected chi connectivity index (χ1v) is 11.3. The summed E-state index contributed by atoms with van der Waals surface area (Å²) in [6, 6.07) is 25.5. The van der Waals surface area contributed by atoms with Crippen molar-refractivity contribution in [2.75, 3.05) is 0 Å². The van der Waals surface area contributed by atoms with Gasteiger partial charge in [0.2, 0.25) is 0 Å². The van der Waals surface area contributed by atoms with E-state index in [1.165, 1.54) is 16.8 Å². The Morgan fingerprint density at radius 1 is 0.806 bits per heavy atom. The van der Waals surface area contributed by atoms with Crippen LogP contribution in [0.25, 0.3) is 22.4 Å². The van der Waals surface area contributed by atoms with Crippen LogP contribution in [0.15, 0.2) is 89.8 Å². The second kappa shape index (κ2) is 7.21. The number of benzene rings is 3. The zero-order chi connectivity index (χ0) is 21.6. The second-order valence-electron chi connectivity index (χ2n) is 7.48. The van der Waals surface area contributed by atoms with Gasteiger partial charge in [-0.3, -0.25) is 0 Å². The number of sulfonamides is 1. The molecule has 1 aliphatic rings. The lowest BCUT2D eigenvalue weighted by molar-refractivity contribution is 0.229. The van der Waals surface area contributed by atoms with Crippen molar-refractivity contribution in [1.29, 1.82) is 0 Å². The van der Waals surface area contributed by atoms with Crippen LogP contribution in [-0.4, -0.2) is 28.5 Å². The van der Waals surface area contributed by atoms with E-state index in [2.05, 4.69) is 5.10 Å². The number of hydrogen-bond acceptors (Lipinski definition) is 4. The minimum Gasteiger partial charge on any atom is -0.245 e. The van der Waals surface area contributed by atoms with E-state index in [1.54, 1.807) is 18.2 Å². The number of aromatic nitrogens is 2. The average molecular weight is 430 g/mol. The molecule has 5 rings (SSSR count). The summed E-state index contributed by atoms with van der Waals surface area (Å²) >= 11 is 0. The average Bonchev–Trinajstić information content (AvgIpc) is 3.35. The summed E-state index contributed by atoms with van der Waals surface area (Å²) in [6.07, 6.45) is 0. The second-order valence-corrected chi connectivity index (χ2v) is 9.35. The molecular formula is C24H19N3O3S. The van der Waals surface area contributed by atoms with E-state index < -0.39 is 16.1 Å². The third-order valence-corrected chi connectivity index (χ3v) is 7.11. The Morgan fingerprint density at radius 2 is 1.42 bits per heavy atom. The highest BCUT2D eigenvalue weighted by molar-refractivity contribution is 7.89. The Hall–Kier alpha value is -3.71. The van der Waals surface area contributed by atoms with Gasteiger partial charge in [0.05, 0.1) is 22.8 Å². The Bertz CT molecular complexity index is 1370. The van der Waals surface area contributed by atoms with E-state index in [9.17, 15) is 13.2 Å². The standard InChI is InChI=1S/C24H19N3O3S/c1-17-7-13-22(14-8-17)31(29,30)26-16-21-15-23(25-27(21)24(26)28)20-11-9-19(10-12-20)18-5-3-2-4-6-18/h2-15H,16H2,1H3. The topological polar surface area (TPSA) is 72.3 Å². The zero-order valence-corrected chi connectivity index (χ0v) is 17.6. The lowest BCUT2D eigenvalue weighted by atomic mass is 10.0. The summed E-state index contributed by atoms with van der Waals surface area (Å²) in [6.45, 7) is 1.84. The van der Waals surface area contributed by atoms with E-state index in [1.807, 2.05) is 61.5 Å². The fourth-order valence-electron chi connectivity index (χ4n) is 3.65. The molecule has 0 spiro atoms. The van der Waals surface area contributed by atoms with Gasteiger partial charge in [0.1, 0.15) is 0 Å². The molecule has 1 aromatic heterocycles. The van der Waals surface area contributed by atoms with Crippen molar-refractivity contribution in [2.45, 2.75) is 18.4 Å². The van der Waals surface area contributed by atoms with E-state index >= 15 is 0 Å². The van der Waals surface area contributed by atoms with Crippen LogP contribution in [0.1, 0.15) is 11.3 Å². The lowest BCUT2D eigenvalue weighted by Crippen LogP contribution is -2.33. The number of carbonyl (C=O) groups is 1. The van der Waals surface area contributed by atoms with Gasteiger partial charge in [-0.05, 0) is 36.2 Å². The maximum atomic E-state index is 12.9. The monoisotopic (exact) mass is 429 g/mol. The summed E-state index contributed by atoms with van der Waals surface area (Å²) in [7, 11) is -3.93. The highest BCUT2D eigenvalue weighted by atomic mass is 32.2. The molecule has 154 valence electrons. The molecule has 2 heterocycles. The fourth-order valence-corrected chi connectivity index (χ4v) is 4.97. The van der Waals surface area contributed by atoms with Crippen molar-refractivity contribution < 1.29 is 13.2 Å². The molecule has 0 saturated heterocycles. The third-order valence-electron chi connectivity index (χ3n) is 5.38. The largest absolute Gasteiger partial charge is 0.359 e. The minimum absolute atomic E-state index is 0.0376. The van der Waals surface area contributed by atoms with Gasteiger partial charge in [-0.1, -0.05) is 72.3 Å². The van der Waals surface area contributed by atoms with Gasteiger partial charge >= 0.3 is 6.03 Å². The molecule has 3 aromatic carbocycles. The van der Waals surface area contributed by atoms with Crippen LogP contribution in [-0.2, 0) is 16.6 Å². The van der Waals surface area contributed by atoms with Gasteiger partial charge < -0.3 is 0 Å². The number of hydrogen-bond donors (Lipinski definition) is 0. The van der Waals surface area contributed by atoms with Crippen LogP contribution >= 0.6 is 0 Å². The Balaban J connectivity index is 1.41. The predicted molar refractivity (Wildman–Crippen MR) is 118 cm³/mol. The quantitative estimate of drug-likeness (QED) is 0.471. The predicted octanol–water partition coefficient (Wildman–Crippen LogP) is 4.70. The van der Waals surface area contributed by atoms with E-state index in [0.717, 1.165) is 26.6 Å². The molecule has 0 aliphatic carbocycles. The number of rotatable bonds is 4. The van der Waals surface area contributed by atoms with E-state index in [4.69, 9.17) is 0 Å². The molecule has 0 N–H and O–H groups in total. The van der Waals surface area contributed by atoms with Crippen LogP contribution in [0.4, 0.5) is 4.79 Å². The molecule has 1 amide bonds. The van der Waals surface area contributed by atoms with Gasteiger partial charge in [0.25, 0.3) is 10.0 Å². The normalized spacial score (nSPS) is 13.5. The van der Waals surface area contributed by atoms with Crippen molar-refractivity contribution in [3.8, 4) is 22.4 Å². The summed E-state index contributed by atoms with van der Waals surface area (Å²) in [4.78, 5) is 12.9. The van der Waals surface area contributed by atoms with Crippen molar-refractivity contribution in [1.82, 2.24) is 14.1 Å². The fraction of sp³-hybridized carbons (Fsp3) is 0.0833. The molecule has 0 atom stereocenters. The first kappa shape index (κ1) is 19.3. The van der Waals surface area contributed by atoms with Crippen molar-refractivity contribution in [2.24, 2.45) is 0 Å². The number of nitrogens with zero attached hydrogens (tertiary/aromatic N) is 3. The molecule has 31 heavy (non-hydrogen) atoms. The number of aryl methyl sites for hydroxylation is 1. The summed E-state index contributed by atoms with van der Waals surface area (Å²) in [5, 5.41) is 4.38. The van der Waals surface area contributed by atoms with Crippen molar-refractivity contribution in [3.63, 3.8) is 0 Å². The Labute approximate surface area is 180 Å². The summed E-state index contributed by atoms with van der Waals surface area (Å²) in [5.41, 5.74) is 5.19. The third kappa shape index (κ3) is 3.33. The minimum atomic E-state index is -3.93. The highest BCUT2D eigenvalue weighted by Gasteiger charge is 2.38. The first-order valence-electron chi connectivity index (χ1n) is 9.82. The molecular weight excluding hydrogens is 410 g/mol. The number of amides is 1. The summed E-state index contributed by atoms with van der Waals surface area (Å²) < 4.78 is 27.9. The smallest absolute Gasteiger partial charge is 0.245 e. The molecule has 7 heteroatoms. The van der Waals surface area contributed by atoms with Gasteiger partial charge in [0.15, 0.2) is 0 Å². The lowest BCUT2D eigenvalue weighted by Gasteiger charge is -2.15. The van der Waals surface area contributed by atoms with E-state index in [-0.39, 0.29) is 11.4 Å². The SMILES string of the molecule is Cc1ccc(S(=O)(=O)N2Cc3cc(-c4ccc(-c5ccccc5)cc4)nn3C2=O)cc1. The van der Waals surface area contributed by atoms with Crippen LogP contribution in [0.2, 0.25) is 0 Å². The first-order chi connectivity index (χ1) is 14.9.